The maximum atomic E-state index is 4.35. The fraction of sp³-hybridized carbons (Fsp3) is 0.583. The van der Waals surface area contributed by atoms with Crippen molar-refractivity contribution < 1.29 is 0 Å². The van der Waals surface area contributed by atoms with Gasteiger partial charge in [-0.25, -0.2) is 4.68 Å². The Morgan fingerprint density at radius 3 is 2.69 bits per heavy atom. The van der Waals surface area contributed by atoms with E-state index in [1.54, 1.807) is 17.3 Å². The minimum atomic E-state index is 0.506. The van der Waals surface area contributed by atoms with Gasteiger partial charge in [0.2, 0.25) is 0 Å². The highest BCUT2D eigenvalue weighted by Crippen LogP contribution is 2.32. The number of nitrogens with zero attached hydrogens (tertiary/aromatic N) is 4. The molecule has 2 rings (SSSR count). The molecule has 1 aliphatic rings. The molecule has 1 heterocycles. The summed E-state index contributed by atoms with van der Waals surface area (Å²) in [7, 11) is 0. The van der Waals surface area contributed by atoms with Gasteiger partial charge in [0.15, 0.2) is 0 Å². The molecule has 0 aromatic carbocycles. The second-order valence-electron chi connectivity index (χ2n) is 4.74. The van der Waals surface area contributed by atoms with Crippen molar-refractivity contribution in [1.29, 1.82) is 0 Å². The fourth-order valence-corrected chi connectivity index (χ4v) is 2.48. The number of hydrogen-bond acceptors (Lipinski definition) is 3. The topological polar surface area (TPSA) is 43.1 Å². The summed E-state index contributed by atoms with van der Waals surface area (Å²) in [5, 5.41) is 11.8. The smallest absolute Gasteiger partial charge is 0.141 e. The summed E-state index contributed by atoms with van der Waals surface area (Å²) in [6.07, 6.45) is 8.76. The molecule has 0 amide bonds. The molecule has 3 atom stereocenters. The normalized spacial score (nSPS) is 30.7. The van der Waals surface area contributed by atoms with Crippen molar-refractivity contribution in [3.63, 3.8) is 0 Å². The summed E-state index contributed by atoms with van der Waals surface area (Å²) in [5.74, 6) is 1.72. The van der Waals surface area contributed by atoms with Gasteiger partial charge in [-0.15, -0.1) is 10.2 Å². The van der Waals surface area contributed by atoms with E-state index in [1.165, 1.54) is 12.0 Å². The Bertz CT molecular complexity index is 391. The number of allylic oxidation sites excluding steroid dienone is 2. The van der Waals surface area contributed by atoms with Crippen LogP contribution in [0.1, 0.15) is 27.2 Å². The third-order valence-electron chi connectivity index (χ3n) is 3.23. The lowest BCUT2D eigenvalue weighted by Gasteiger charge is -2.29. The van der Waals surface area contributed by atoms with Crippen molar-refractivity contribution >= 4 is 6.21 Å². The molecule has 0 radical (unpaired) electrons. The molecule has 4 nitrogen and oxygen atoms in total. The maximum absolute atomic E-state index is 4.35. The quantitative estimate of drug-likeness (QED) is 0.565. The van der Waals surface area contributed by atoms with Crippen molar-refractivity contribution in [1.82, 2.24) is 14.9 Å². The summed E-state index contributed by atoms with van der Waals surface area (Å²) < 4.78 is 1.64. The zero-order valence-corrected chi connectivity index (χ0v) is 10.0. The van der Waals surface area contributed by atoms with Crippen molar-refractivity contribution in [3.8, 4) is 0 Å². The van der Waals surface area contributed by atoms with Crippen LogP contribution in [0.3, 0.4) is 0 Å². The Kier molecular flexibility index (Phi) is 3.17. The molecule has 4 heteroatoms. The van der Waals surface area contributed by atoms with Crippen molar-refractivity contribution in [2.45, 2.75) is 27.2 Å². The molecule has 0 N–H and O–H groups in total. The fourth-order valence-electron chi connectivity index (χ4n) is 2.48. The number of hydrogen-bond donors (Lipinski definition) is 0. The first-order chi connectivity index (χ1) is 7.66. The van der Waals surface area contributed by atoms with Gasteiger partial charge in [-0.2, -0.15) is 5.10 Å². The minimum Gasteiger partial charge on any atom is -0.208 e. The van der Waals surface area contributed by atoms with Crippen LogP contribution in [0.4, 0.5) is 0 Å². The molecular weight excluding hydrogens is 200 g/mol. The summed E-state index contributed by atoms with van der Waals surface area (Å²) in [5.41, 5.74) is 1.49. The molecule has 0 aliphatic heterocycles. The van der Waals surface area contributed by atoms with Gasteiger partial charge in [-0.05, 0) is 25.2 Å². The van der Waals surface area contributed by atoms with E-state index in [9.17, 15) is 0 Å². The monoisotopic (exact) mass is 218 g/mol. The second kappa shape index (κ2) is 4.60. The molecule has 0 fully saturated rings. The van der Waals surface area contributed by atoms with Crippen LogP contribution in [0, 0.1) is 17.8 Å². The average molecular weight is 218 g/mol. The first-order valence-corrected chi connectivity index (χ1v) is 5.73. The molecule has 1 aromatic heterocycles. The van der Waals surface area contributed by atoms with Crippen LogP contribution in [-0.4, -0.2) is 21.1 Å². The van der Waals surface area contributed by atoms with E-state index in [4.69, 9.17) is 0 Å². The molecule has 0 saturated heterocycles. The van der Waals surface area contributed by atoms with Crippen LogP contribution < -0.4 is 0 Å². The zero-order chi connectivity index (χ0) is 11.5. The van der Waals surface area contributed by atoms with Crippen molar-refractivity contribution in [2.75, 3.05) is 0 Å². The molecule has 1 aliphatic carbocycles. The van der Waals surface area contributed by atoms with E-state index in [-0.39, 0.29) is 0 Å². The minimum absolute atomic E-state index is 0.506. The van der Waals surface area contributed by atoms with Gasteiger partial charge >= 0.3 is 0 Å². The SMILES string of the molecule is CC1=C[C@H](C)[C@@H](/C=N\n2cnnc2)[C@H](C)C1. The van der Waals surface area contributed by atoms with Crippen LogP contribution >= 0.6 is 0 Å². The van der Waals surface area contributed by atoms with Gasteiger partial charge in [0.1, 0.15) is 12.7 Å². The van der Waals surface area contributed by atoms with Gasteiger partial charge in [-0.1, -0.05) is 25.5 Å². The standard InChI is InChI=1S/C12H18N4/c1-9-4-10(2)12(11(3)5-9)6-15-16-7-13-14-8-16/h4,6-8,10-12H,5H2,1-3H3/b15-6-/t10-,11+,12+/m0/s1. The van der Waals surface area contributed by atoms with Crippen LogP contribution in [0.5, 0.6) is 0 Å². The zero-order valence-electron chi connectivity index (χ0n) is 10.0. The molecule has 1 aromatic rings. The average Bonchev–Trinajstić information content (AvgIpc) is 2.68. The van der Waals surface area contributed by atoms with Gasteiger partial charge in [0.25, 0.3) is 0 Å². The Morgan fingerprint density at radius 2 is 2.06 bits per heavy atom. The predicted molar refractivity (Wildman–Crippen MR) is 64.1 cm³/mol. The Labute approximate surface area is 96.1 Å². The molecule has 0 saturated carbocycles. The van der Waals surface area contributed by atoms with E-state index in [0.29, 0.717) is 17.8 Å². The lowest BCUT2D eigenvalue weighted by molar-refractivity contribution is 0.361. The van der Waals surface area contributed by atoms with Crippen LogP contribution in [0.25, 0.3) is 0 Å². The highest BCUT2D eigenvalue weighted by atomic mass is 15.4. The lowest BCUT2D eigenvalue weighted by atomic mass is 9.76. The van der Waals surface area contributed by atoms with E-state index in [1.807, 2.05) is 6.21 Å². The number of aromatic nitrogens is 3. The Morgan fingerprint density at radius 1 is 1.38 bits per heavy atom. The van der Waals surface area contributed by atoms with E-state index in [2.05, 4.69) is 42.1 Å². The van der Waals surface area contributed by atoms with Crippen molar-refractivity contribution in [3.05, 3.63) is 24.3 Å². The molecule has 86 valence electrons. The first kappa shape index (κ1) is 11.0. The third-order valence-corrected chi connectivity index (χ3v) is 3.23. The summed E-state index contributed by atoms with van der Waals surface area (Å²) in [6.45, 7) is 6.75. The Hall–Kier alpha value is -1.45. The van der Waals surface area contributed by atoms with E-state index >= 15 is 0 Å². The lowest BCUT2D eigenvalue weighted by Crippen LogP contribution is -2.24. The Balaban J connectivity index is 2.10. The molecule has 0 unspecified atom stereocenters. The van der Waals surface area contributed by atoms with Gasteiger partial charge in [0, 0.05) is 12.1 Å². The highest BCUT2D eigenvalue weighted by molar-refractivity contribution is 5.62. The molecular formula is C12H18N4. The number of rotatable bonds is 2. The maximum Gasteiger partial charge on any atom is 0.141 e. The van der Waals surface area contributed by atoms with Crippen LogP contribution in [0.2, 0.25) is 0 Å². The molecule has 0 bridgehead atoms. The molecule has 16 heavy (non-hydrogen) atoms. The van der Waals surface area contributed by atoms with Crippen LogP contribution in [-0.2, 0) is 0 Å². The van der Waals surface area contributed by atoms with E-state index < -0.39 is 0 Å². The summed E-state index contributed by atoms with van der Waals surface area (Å²) >= 11 is 0. The first-order valence-electron chi connectivity index (χ1n) is 5.73. The van der Waals surface area contributed by atoms with E-state index in [0.717, 1.165) is 0 Å². The van der Waals surface area contributed by atoms with Gasteiger partial charge in [0.05, 0.1) is 0 Å². The predicted octanol–water partition coefficient (Wildman–Crippen LogP) is 2.35. The highest BCUT2D eigenvalue weighted by Gasteiger charge is 2.25. The van der Waals surface area contributed by atoms with Gasteiger partial charge < -0.3 is 0 Å². The molecule has 0 spiro atoms. The van der Waals surface area contributed by atoms with Crippen LogP contribution in [0.15, 0.2) is 29.4 Å². The largest absolute Gasteiger partial charge is 0.208 e. The summed E-state index contributed by atoms with van der Waals surface area (Å²) in [6, 6.07) is 0. The third kappa shape index (κ3) is 2.38. The summed E-state index contributed by atoms with van der Waals surface area (Å²) in [4.78, 5) is 0. The second-order valence-corrected chi connectivity index (χ2v) is 4.74. The van der Waals surface area contributed by atoms with Gasteiger partial charge in [-0.3, -0.25) is 0 Å². The van der Waals surface area contributed by atoms with Crippen molar-refractivity contribution in [2.24, 2.45) is 22.9 Å².